The number of carbonyl (C=O) groups is 2. The van der Waals surface area contributed by atoms with Gasteiger partial charge in [-0.2, -0.15) is 5.10 Å². The van der Waals surface area contributed by atoms with E-state index in [1.165, 1.54) is 12.3 Å². The first-order valence-electron chi connectivity index (χ1n) is 10.7. The molecule has 0 bridgehead atoms. The highest BCUT2D eigenvalue weighted by atomic mass is 19.1. The van der Waals surface area contributed by atoms with Crippen LogP contribution in [0.15, 0.2) is 73.1 Å². The van der Waals surface area contributed by atoms with Gasteiger partial charge in [0.15, 0.2) is 5.82 Å². The first kappa shape index (κ1) is 22.8. The van der Waals surface area contributed by atoms with E-state index in [0.29, 0.717) is 17.0 Å². The molecule has 0 radical (unpaired) electrons. The molecular weight excluding hydrogens is 437 g/mol. The van der Waals surface area contributed by atoms with Gasteiger partial charge in [0.25, 0.3) is 5.88 Å². The van der Waals surface area contributed by atoms with E-state index < -0.39 is 11.8 Å². The van der Waals surface area contributed by atoms with Gasteiger partial charge in [0, 0.05) is 24.4 Å². The molecule has 4 aromatic rings. The van der Waals surface area contributed by atoms with E-state index in [9.17, 15) is 14.0 Å². The van der Waals surface area contributed by atoms with E-state index in [4.69, 9.17) is 9.47 Å². The maximum atomic E-state index is 14.5. The fraction of sp³-hybridized carbons (Fsp3) is 0.154. The van der Waals surface area contributed by atoms with Gasteiger partial charge >= 0.3 is 5.97 Å². The van der Waals surface area contributed by atoms with E-state index >= 15 is 0 Å². The zero-order valence-corrected chi connectivity index (χ0v) is 18.5. The summed E-state index contributed by atoms with van der Waals surface area (Å²) in [6.07, 6.45) is 3.00. The number of esters is 1. The lowest BCUT2D eigenvalue weighted by Crippen LogP contribution is -2.13. The molecular formula is C26H22FN3O4. The van der Waals surface area contributed by atoms with E-state index in [1.54, 1.807) is 31.3 Å². The van der Waals surface area contributed by atoms with Crippen LogP contribution in [0, 0.1) is 5.82 Å². The number of pyridine rings is 1. The molecule has 0 saturated carbocycles. The molecule has 1 N–H and O–H groups in total. The molecule has 0 aliphatic carbocycles. The summed E-state index contributed by atoms with van der Waals surface area (Å²) in [5.41, 5.74) is 3.83. The first-order valence-corrected chi connectivity index (χ1v) is 10.7. The second kappa shape index (κ2) is 10.5. The molecule has 0 saturated heterocycles. The number of benzene rings is 2. The van der Waals surface area contributed by atoms with E-state index in [-0.39, 0.29) is 31.1 Å². The Hall–Kier alpha value is -4.33. The highest BCUT2D eigenvalue weighted by molar-refractivity contribution is 5.96. The van der Waals surface area contributed by atoms with Gasteiger partial charge in [-0.25, -0.2) is 9.37 Å². The van der Waals surface area contributed by atoms with Gasteiger partial charge < -0.3 is 9.47 Å². The molecule has 0 spiro atoms. The zero-order valence-electron chi connectivity index (χ0n) is 18.5. The number of hydrogen-bond acceptors (Lipinski definition) is 6. The number of halogens is 1. The number of Topliss-reactive ketones (excluding diaryl/α,β-unsaturated/α-hetero) is 1. The second-order valence-corrected chi connectivity index (χ2v) is 7.51. The average molecular weight is 459 g/mol. The Bertz CT molecular complexity index is 1290. The van der Waals surface area contributed by atoms with Crippen molar-refractivity contribution in [3.05, 3.63) is 84.4 Å². The summed E-state index contributed by atoms with van der Waals surface area (Å²) >= 11 is 0. The lowest BCUT2D eigenvalue weighted by atomic mass is 10.00. The van der Waals surface area contributed by atoms with Crippen LogP contribution < -0.4 is 4.74 Å². The quantitative estimate of drug-likeness (QED) is 0.275. The summed E-state index contributed by atoms with van der Waals surface area (Å²) in [7, 11) is 0. The van der Waals surface area contributed by atoms with Crippen LogP contribution in [-0.4, -0.2) is 33.5 Å². The highest BCUT2D eigenvalue weighted by Crippen LogP contribution is 2.28. The van der Waals surface area contributed by atoms with Gasteiger partial charge in [0.05, 0.1) is 12.3 Å². The molecule has 4 rings (SSSR count). The Morgan fingerprint density at radius 3 is 2.53 bits per heavy atom. The lowest BCUT2D eigenvalue weighted by Gasteiger charge is -2.09. The molecule has 0 atom stereocenters. The minimum atomic E-state index is -0.587. The Morgan fingerprint density at radius 2 is 1.82 bits per heavy atom. The van der Waals surface area contributed by atoms with Crippen LogP contribution in [0.4, 0.5) is 4.39 Å². The van der Waals surface area contributed by atoms with Gasteiger partial charge in [0.2, 0.25) is 0 Å². The molecule has 0 amide bonds. The molecule has 7 nitrogen and oxygen atoms in total. The average Bonchev–Trinajstić information content (AvgIpc) is 3.36. The Morgan fingerprint density at radius 1 is 1.00 bits per heavy atom. The van der Waals surface area contributed by atoms with Crippen molar-refractivity contribution in [3.8, 4) is 34.0 Å². The zero-order chi connectivity index (χ0) is 23.9. The normalized spacial score (nSPS) is 10.6. The largest absolute Gasteiger partial charge is 0.466 e. The van der Waals surface area contributed by atoms with E-state index in [0.717, 1.165) is 16.7 Å². The van der Waals surface area contributed by atoms with Crippen molar-refractivity contribution in [1.82, 2.24) is 15.2 Å². The van der Waals surface area contributed by atoms with Gasteiger partial charge in [0.1, 0.15) is 18.0 Å². The summed E-state index contributed by atoms with van der Waals surface area (Å²) in [5.74, 6) is -0.992. The number of aromatic nitrogens is 3. The van der Waals surface area contributed by atoms with Gasteiger partial charge in [-0.1, -0.05) is 36.4 Å². The maximum absolute atomic E-state index is 14.5. The third kappa shape index (κ3) is 5.72. The second-order valence-electron chi connectivity index (χ2n) is 7.51. The maximum Gasteiger partial charge on any atom is 0.313 e. The number of nitrogens with zero attached hydrogens (tertiary/aromatic N) is 2. The fourth-order valence-corrected chi connectivity index (χ4v) is 3.42. The summed E-state index contributed by atoms with van der Waals surface area (Å²) in [6.45, 7) is 1.95. The summed E-state index contributed by atoms with van der Waals surface area (Å²) < 4.78 is 24.9. The first-order chi connectivity index (χ1) is 16.5. The lowest BCUT2D eigenvalue weighted by molar-refractivity contribution is -0.145. The van der Waals surface area contributed by atoms with Crippen LogP contribution >= 0.6 is 0 Å². The number of rotatable bonds is 9. The number of hydrogen-bond donors (Lipinski definition) is 1. The molecule has 2 aromatic carbocycles. The van der Waals surface area contributed by atoms with Crippen LogP contribution in [0.1, 0.15) is 18.9 Å². The Labute approximate surface area is 195 Å². The molecule has 2 heterocycles. The minimum Gasteiger partial charge on any atom is -0.466 e. The number of ether oxygens (including phenoxy) is 2. The molecule has 172 valence electrons. The van der Waals surface area contributed by atoms with Crippen molar-refractivity contribution in [2.45, 2.75) is 19.8 Å². The van der Waals surface area contributed by atoms with Crippen LogP contribution in [0.3, 0.4) is 0 Å². The van der Waals surface area contributed by atoms with Crippen molar-refractivity contribution in [2.24, 2.45) is 0 Å². The molecule has 2 aromatic heterocycles. The predicted octanol–water partition coefficient (Wildman–Crippen LogP) is 5.13. The van der Waals surface area contributed by atoms with Crippen molar-refractivity contribution in [2.75, 3.05) is 6.61 Å². The molecule has 0 aliphatic heterocycles. The number of ketones is 1. The smallest absolute Gasteiger partial charge is 0.313 e. The molecule has 0 fully saturated rings. The fourth-order valence-electron chi connectivity index (χ4n) is 3.42. The van der Waals surface area contributed by atoms with Gasteiger partial charge in [-0.3, -0.25) is 14.7 Å². The Kier molecular flexibility index (Phi) is 7.07. The van der Waals surface area contributed by atoms with Crippen molar-refractivity contribution < 1.29 is 23.5 Å². The third-order valence-corrected chi connectivity index (χ3v) is 5.00. The van der Waals surface area contributed by atoms with Crippen molar-refractivity contribution >= 4 is 11.8 Å². The van der Waals surface area contributed by atoms with Crippen LogP contribution in [-0.2, 0) is 20.7 Å². The van der Waals surface area contributed by atoms with E-state index in [1.807, 2.05) is 36.4 Å². The summed E-state index contributed by atoms with van der Waals surface area (Å²) in [5, 5.41) is 6.61. The highest BCUT2D eigenvalue weighted by Gasteiger charge is 2.12. The third-order valence-electron chi connectivity index (χ3n) is 5.00. The van der Waals surface area contributed by atoms with Crippen LogP contribution in [0.25, 0.3) is 22.4 Å². The SMILES string of the molecule is CCOC(=O)CC(=O)Cc1cccc(-c2ccc(Oc3ncc(-c4ccn[nH]4)cc3F)cc2)c1. The number of aromatic amines is 1. The molecule has 0 unspecified atom stereocenters. The minimum absolute atomic E-state index is 0.127. The topological polar surface area (TPSA) is 94.2 Å². The number of nitrogens with one attached hydrogen (secondary N) is 1. The van der Waals surface area contributed by atoms with E-state index in [2.05, 4.69) is 15.2 Å². The number of carbonyl (C=O) groups excluding carboxylic acids is 2. The van der Waals surface area contributed by atoms with Crippen molar-refractivity contribution in [1.29, 1.82) is 0 Å². The molecule has 8 heteroatoms. The predicted molar refractivity (Wildman–Crippen MR) is 124 cm³/mol. The standard InChI is InChI=1S/C26H22FN3O4/c1-2-33-25(32)15-21(31)13-17-4-3-5-19(12-17)18-6-8-22(9-7-18)34-26-23(27)14-20(16-28-26)24-10-11-29-30-24/h3-12,14,16H,2,13,15H2,1H3,(H,29,30). The monoisotopic (exact) mass is 459 g/mol. The summed E-state index contributed by atoms with van der Waals surface area (Å²) in [6, 6.07) is 17.7. The van der Waals surface area contributed by atoms with Gasteiger partial charge in [-0.15, -0.1) is 0 Å². The molecule has 34 heavy (non-hydrogen) atoms. The Balaban J connectivity index is 1.42. The summed E-state index contributed by atoms with van der Waals surface area (Å²) in [4.78, 5) is 27.7. The van der Waals surface area contributed by atoms with Crippen LogP contribution in [0.2, 0.25) is 0 Å². The van der Waals surface area contributed by atoms with Gasteiger partial charge in [-0.05, 0) is 47.9 Å². The number of H-pyrrole nitrogens is 1. The molecule has 0 aliphatic rings. The van der Waals surface area contributed by atoms with Crippen LogP contribution in [0.5, 0.6) is 11.6 Å². The van der Waals surface area contributed by atoms with Crippen molar-refractivity contribution in [3.63, 3.8) is 0 Å².